The average molecular weight is 468 g/mol. The molecule has 8 nitrogen and oxygen atoms in total. The van der Waals surface area contributed by atoms with Crippen LogP contribution in [-0.2, 0) is 0 Å². The molecule has 0 spiro atoms. The summed E-state index contributed by atoms with van der Waals surface area (Å²) in [5, 5.41) is 15.9. The number of aromatic nitrogens is 2. The number of likely N-dealkylation sites (tertiary alicyclic amines) is 1. The van der Waals surface area contributed by atoms with E-state index in [1.807, 2.05) is 0 Å². The predicted molar refractivity (Wildman–Crippen MR) is 128 cm³/mol. The first kappa shape index (κ1) is 22.8. The van der Waals surface area contributed by atoms with E-state index in [2.05, 4.69) is 25.5 Å². The van der Waals surface area contributed by atoms with Crippen molar-refractivity contribution < 1.29 is 14.6 Å². The van der Waals surface area contributed by atoms with Crippen molar-refractivity contribution in [3.63, 3.8) is 0 Å². The molecule has 3 N–H and O–H groups in total. The van der Waals surface area contributed by atoms with Crippen LogP contribution in [0.3, 0.4) is 0 Å². The van der Waals surface area contributed by atoms with Crippen LogP contribution in [0.15, 0.2) is 48.8 Å². The second-order valence-corrected chi connectivity index (χ2v) is 8.21. The summed E-state index contributed by atoms with van der Waals surface area (Å²) in [6, 6.07) is 9.96. The molecule has 0 atom stereocenters. The van der Waals surface area contributed by atoms with E-state index >= 15 is 0 Å². The maximum atomic E-state index is 12.7. The lowest BCUT2D eigenvalue weighted by Crippen LogP contribution is -2.33. The molecule has 2 aromatic carbocycles. The number of amides is 1. The molecule has 33 heavy (non-hydrogen) atoms. The maximum absolute atomic E-state index is 12.7. The fourth-order valence-corrected chi connectivity index (χ4v) is 3.97. The zero-order valence-corrected chi connectivity index (χ0v) is 19.1. The van der Waals surface area contributed by atoms with Gasteiger partial charge < -0.3 is 25.4 Å². The van der Waals surface area contributed by atoms with Crippen LogP contribution in [0.25, 0.3) is 11.3 Å². The Morgan fingerprint density at radius 2 is 1.94 bits per heavy atom. The van der Waals surface area contributed by atoms with Gasteiger partial charge in [-0.15, -0.1) is 0 Å². The number of hydrogen-bond donors (Lipinski definition) is 3. The monoisotopic (exact) mass is 467 g/mol. The SMILES string of the molecule is COc1cc(Nc2cncc(-c3ccc(O)cc3)n2)c(Cl)cc1C(=O)NCCN1CCCC1. The van der Waals surface area contributed by atoms with Gasteiger partial charge in [-0.1, -0.05) is 11.6 Å². The Morgan fingerprint density at radius 1 is 1.18 bits per heavy atom. The molecule has 2 heterocycles. The smallest absolute Gasteiger partial charge is 0.255 e. The summed E-state index contributed by atoms with van der Waals surface area (Å²) in [6.45, 7) is 3.57. The second-order valence-electron chi connectivity index (χ2n) is 7.80. The summed E-state index contributed by atoms with van der Waals surface area (Å²) in [6.07, 6.45) is 5.64. The second kappa shape index (κ2) is 10.5. The largest absolute Gasteiger partial charge is 0.508 e. The summed E-state index contributed by atoms with van der Waals surface area (Å²) in [5.74, 6) is 0.837. The van der Waals surface area contributed by atoms with Crippen LogP contribution < -0.4 is 15.4 Å². The number of nitrogens with one attached hydrogen (secondary N) is 2. The van der Waals surface area contributed by atoms with Gasteiger partial charge in [0.25, 0.3) is 5.91 Å². The van der Waals surface area contributed by atoms with Crippen molar-refractivity contribution in [2.75, 3.05) is 38.6 Å². The van der Waals surface area contributed by atoms with E-state index in [4.69, 9.17) is 16.3 Å². The Hall–Kier alpha value is -3.36. The van der Waals surface area contributed by atoms with Gasteiger partial charge in [0.2, 0.25) is 0 Å². The number of benzene rings is 2. The molecule has 3 aromatic rings. The summed E-state index contributed by atoms with van der Waals surface area (Å²) >= 11 is 6.48. The third kappa shape index (κ3) is 5.71. The van der Waals surface area contributed by atoms with E-state index in [1.54, 1.807) is 48.8 Å². The fraction of sp³-hybridized carbons (Fsp3) is 0.292. The lowest BCUT2D eigenvalue weighted by molar-refractivity contribution is 0.0946. The van der Waals surface area contributed by atoms with Gasteiger partial charge in [0, 0.05) is 24.7 Å². The number of carbonyl (C=O) groups is 1. The summed E-state index contributed by atoms with van der Waals surface area (Å²) in [5.41, 5.74) is 2.36. The molecule has 0 saturated carbocycles. The van der Waals surface area contributed by atoms with Crippen LogP contribution >= 0.6 is 11.6 Å². The third-order valence-electron chi connectivity index (χ3n) is 5.51. The van der Waals surface area contributed by atoms with Crippen LogP contribution in [-0.4, -0.2) is 59.2 Å². The normalized spacial score (nSPS) is 13.6. The minimum absolute atomic E-state index is 0.181. The lowest BCUT2D eigenvalue weighted by atomic mass is 10.1. The highest BCUT2D eigenvalue weighted by atomic mass is 35.5. The van der Waals surface area contributed by atoms with E-state index in [0.717, 1.165) is 25.2 Å². The van der Waals surface area contributed by atoms with E-state index in [0.29, 0.717) is 40.1 Å². The molecule has 172 valence electrons. The minimum Gasteiger partial charge on any atom is -0.508 e. The first-order chi connectivity index (χ1) is 16.0. The van der Waals surface area contributed by atoms with Gasteiger partial charge in [0.1, 0.15) is 17.3 Å². The summed E-state index contributed by atoms with van der Waals surface area (Å²) in [4.78, 5) is 23.9. The molecular formula is C24H26ClN5O3. The summed E-state index contributed by atoms with van der Waals surface area (Å²) in [7, 11) is 1.51. The molecule has 1 aromatic heterocycles. The van der Waals surface area contributed by atoms with Crippen LogP contribution in [0.5, 0.6) is 11.5 Å². The van der Waals surface area contributed by atoms with Crippen LogP contribution in [0.1, 0.15) is 23.2 Å². The number of carbonyl (C=O) groups excluding carboxylic acids is 1. The highest BCUT2D eigenvalue weighted by Gasteiger charge is 2.17. The van der Waals surface area contributed by atoms with Crippen LogP contribution in [0.2, 0.25) is 5.02 Å². The Bertz CT molecular complexity index is 1120. The van der Waals surface area contributed by atoms with Crippen molar-refractivity contribution in [3.05, 3.63) is 59.4 Å². The zero-order valence-electron chi connectivity index (χ0n) is 18.3. The van der Waals surface area contributed by atoms with Crippen molar-refractivity contribution in [1.82, 2.24) is 20.2 Å². The number of halogens is 1. The van der Waals surface area contributed by atoms with Crippen molar-refractivity contribution in [2.24, 2.45) is 0 Å². The molecule has 1 amide bonds. The van der Waals surface area contributed by atoms with Crippen molar-refractivity contribution >= 4 is 29.0 Å². The predicted octanol–water partition coefficient (Wildman–Crippen LogP) is 4.08. The Morgan fingerprint density at radius 3 is 2.67 bits per heavy atom. The number of nitrogens with zero attached hydrogens (tertiary/aromatic N) is 3. The van der Waals surface area contributed by atoms with Gasteiger partial charge in [-0.25, -0.2) is 4.98 Å². The molecule has 1 aliphatic rings. The van der Waals surface area contributed by atoms with Crippen LogP contribution in [0, 0.1) is 0 Å². The summed E-state index contributed by atoms with van der Waals surface area (Å²) < 4.78 is 5.45. The molecule has 1 saturated heterocycles. The molecule has 9 heteroatoms. The number of methoxy groups -OCH3 is 1. The Kier molecular flexibility index (Phi) is 7.26. The van der Waals surface area contributed by atoms with Crippen LogP contribution in [0.4, 0.5) is 11.5 Å². The minimum atomic E-state index is -0.228. The van der Waals surface area contributed by atoms with E-state index in [-0.39, 0.29) is 11.7 Å². The maximum Gasteiger partial charge on any atom is 0.255 e. The van der Waals surface area contributed by atoms with E-state index in [1.165, 1.54) is 20.0 Å². The van der Waals surface area contributed by atoms with Crippen molar-refractivity contribution in [1.29, 1.82) is 0 Å². The fourth-order valence-electron chi connectivity index (χ4n) is 3.76. The van der Waals surface area contributed by atoms with Gasteiger partial charge in [-0.2, -0.15) is 0 Å². The Balaban J connectivity index is 1.48. The van der Waals surface area contributed by atoms with Gasteiger partial charge in [-0.05, 0) is 56.3 Å². The van der Waals surface area contributed by atoms with Crippen molar-refractivity contribution in [2.45, 2.75) is 12.8 Å². The average Bonchev–Trinajstić information content (AvgIpc) is 3.34. The molecule has 4 rings (SSSR count). The number of anilines is 2. The topological polar surface area (TPSA) is 99.6 Å². The standard InChI is InChI=1S/C24H26ClN5O3/c1-33-22-13-20(19(25)12-18(22)24(32)27-8-11-30-9-2-3-10-30)28-23-15-26-14-21(29-23)16-4-6-17(31)7-5-16/h4-7,12-15,31H,2-3,8-11H2,1H3,(H,27,32)(H,28,29). The molecule has 0 radical (unpaired) electrons. The molecular weight excluding hydrogens is 442 g/mol. The van der Waals surface area contributed by atoms with Crippen molar-refractivity contribution in [3.8, 4) is 22.8 Å². The van der Waals surface area contributed by atoms with Gasteiger partial charge in [0.05, 0.1) is 41.5 Å². The Labute approximate surface area is 197 Å². The first-order valence-electron chi connectivity index (χ1n) is 10.8. The highest BCUT2D eigenvalue weighted by molar-refractivity contribution is 6.33. The molecule has 1 fully saturated rings. The number of phenolic OH excluding ortho intramolecular Hbond substituents is 1. The highest BCUT2D eigenvalue weighted by Crippen LogP contribution is 2.33. The number of phenols is 1. The quantitative estimate of drug-likeness (QED) is 0.459. The molecule has 0 bridgehead atoms. The molecule has 1 aliphatic heterocycles. The van der Waals surface area contributed by atoms with Gasteiger partial charge in [-0.3, -0.25) is 9.78 Å². The number of rotatable bonds is 8. The molecule has 0 unspecified atom stereocenters. The first-order valence-corrected chi connectivity index (χ1v) is 11.2. The number of ether oxygens (including phenoxy) is 1. The number of aromatic hydroxyl groups is 1. The zero-order chi connectivity index (χ0) is 23.2. The van der Waals surface area contributed by atoms with Gasteiger partial charge in [0.15, 0.2) is 0 Å². The molecule has 0 aliphatic carbocycles. The number of hydrogen-bond acceptors (Lipinski definition) is 7. The van der Waals surface area contributed by atoms with E-state index < -0.39 is 0 Å². The van der Waals surface area contributed by atoms with E-state index in [9.17, 15) is 9.90 Å². The van der Waals surface area contributed by atoms with Gasteiger partial charge >= 0.3 is 0 Å². The third-order valence-corrected chi connectivity index (χ3v) is 5.82. The lowest BCUT2D eigenvalue weighted by Gasteiger charge is -2.16.